The Morgan fingerprint density at radius 2 is 1.89 bits per heavy atom. The zero-order chi connectivity index (χ0) is 13.9. The lowest BCUT2D eigenvalue weighted by atomic mass is 9.74. The van der Waals surface area contributed by atoms with Crippen molar-refractivity contribution in [2.45, 2.75) is 43.7 Å². The third kappa shape index (κ3) is 2.96. The summed E-state index contributed by atoms with van der Waals surface area (Å²) < 4.78 is 13.6. The third-order valence-electron chi connectivity index (χ3n) is 4.28. The number of hydrogen-bond donors (Lipinski definition) is 3. The second-order valence-electron chi connectivity index (χ2n) is 5.48. The van der Waals surface area contributed by atoms with Crippen molar-refractivity contribution in [2.75, 3.05) is 13.2 Å². The van der Waals surface area contributed by atoms with Crippen LogP contribution in [0.2, 0.25) is 0 Å². The Bertz CT molecular complexity index is 406. The molecule has 106 valence electrons. The fraction of sp³-hybridized carbons (Fsp3) is 0.600. The van der Waals surface area contributed by atoms with E-state index in [1.165, 1.54) is 6.07 Å². The number of rotatable bonds is 6. The highest BCUT2D eigenvalue weighted by molar-refractivity contribution is 5.25. The van der Waals surface area contributed by atoms with Crippen LogP contribution >= 0.6 is 0 Å². The molecule has 19 heavy (non-hydrogen) atoms. The van der Waals surface area contributed by atoms with Crippen LogP contribution in [-0.4, -0.2) is 35.0 Å². The van der Waals surface area contributed by atoms with Crippen LogP contribution in [0.4, 0.5) is 4.39 Å². The van der Waals surface area contributed by atoms with Crippen molar-refractivity contribution in [2.24, 2.45) is 0 Å². The molecule has 0 heterocycles. The number of halogens is 1. The minimum atomic E-state index is -0.606. The Hall–Kier alpha value is -0.970. The lowest BCUT2D eigenvalue weighted by Crippen LogP contribution is -2.58. The van der Waals surface area contributed by atoms with Crippen molar-refractivity contribution in [3.8, 4) is 0 Å². The smallest absolute Gasteiger partial charge is 0.126 e. The molecule has 0 bridgehead atoms. The van der Waals surface area contributed by atoms with Crippen molar-refractivity contribution >= 4 is 0 Å². The Kier molecular flexibility index (Phi) is 4.55. The number of nitrogens with one attached hydrogen (secondary N) is 1. The van der Waals surface area contributed by atoms with E-state index in [1.807, 2.05) is 19.1 Å². The molecule has 0 amide bonds. The molecule has 0 atom stereocenters. The van der Waals surface area contributed by atoms with Gasteiger partial charge in [0.1, 0.15) is 5.82 Å². The molecule has 1 aliphatic carbocycles. The average Bonchev–Trinajstić information content (AvgIpc) is 2.40. The molecule has 2 rings (SSSR count). The second kappa shape index (κ2) is 5.99. The summed E-state index contributed by atoms with van der Waals surface area (Å²) in [4.78, 5) is 0. The van der Waals surface area contributed by atoms with Gasteiger partial charge in [0, 0.05) is 6.04 Å². The van der Waals surface area contributed by atoms with Crippen LogP contribution < -0.4 is 5.32 Å². The Morgan fingerprint density at radius 3 is 2.42 bits per heavy atom. The van der Waals surface area contributed by atoms with Crippen molar-refractivity contribution in [1.82, 2.24) is 5.32 Å². The van der Waals surface area contributed by atoms with Gasteiger partial charge < -0.3 is 15.5 Å². The first kappa shape index (κ1) is 14.4. The predicted molar refractivity (Wildman–Crippen MR) is 72.5 cm³/mol. The van der Waals surface area contributed by atoms with Crippen molar-refractivity contribution in [3.05, 3.63) is 35.6 Å². The van der Waals surface area contributed by atoms with Crippen LogP contribution in [0.3, 0.4) is 0 Å². The molecule has 1 saturated carbocycles. The average molecular weight is 267 g/mol. The topological polar surface area (TPSA) is 52.5 Å². The summed E-state index contributed by atoms with van der Waals surface area (Å²) in [5.41, 5.74) is 0.167. The lowest BCUT2D eigenvalue weighted by Gasteiger charge is -2.43. The summed E-state index contributed by atoms with van der Waals surface area (Å²) in [5, 5.41) is 22.1. The highest BCUT2D eigenvalue weighted by atomic mass is 19.1. The molecule has 0 unspecified atom stereocenters. The SMILES string of the molecule is CCC(CO)(CO)NC1CC(c2ccccc2F)C1. The summed E-state index contributed by atoms with van der Waals surface area (Å²) in [6.07, 6.45) is 2.37. The maximum absolute atomic E-state index is 13.6. The highest BCUT2D eigenvalue weighted by Gasteiger charge is 2.37. The lowest BCUT2D eigenvalue weighted by molar-refractivity contribution is 0.0625. The molecule has 3 nitrogen and oxygen atoms in total. The summed E-state index contributed by atoms with van der Waals surface area (Å²) >= 11 is 0. The molecule has 1 aliphatic rings. The van der Waals surface area contributed by atoms with Gasteiger partial charge in [0.15, 0.2) is 0 Å². The molecule has 0 aromatic heterocycles. The monoisotopic (exact) mass is 267 g/mol. The normalized spacial score (nSPS) is 23.2. The first-order valence-corrected chi connectivity index (χ1v) is 6.88. The molecule has 4 heteroatoms. The first-order valence-electron chi connectivity index (χ1n) is 6.88. The van der Waals surface area contributed by atoms with Crippen LogP contribution in [0.5, 0.6) is 0 Å². The fourth-order valence-corrected chi connectivity index (χ4v) is 2.70. The number of aliphatic hydroxyl groups is 2. The highest BCUT2D eigenvalue weighted by Crippen LogP contribution is 2.38. The van der Waals surface area contributed by atoms with E-state index < -0.39 is 5.54 Å². The number of aliphatic hydroxyl groups excluding tert-OH is 2. The molecule has 1 aromatic rings. The van der Waals surface area contributed by atoms with Crippen LogP contribution in [0.15, 0.2) is 24.3 Å². The molecule has 3 N–H and O–H groups in total. The van der Waals surface area contributed by atoms with Crippen molar-refractivity contribution in [3.63, 3.8) is 0 Å². The summed E-state index contributed by atoms with van der Waals surface area (Å²) in [6, 6.07) is 7.13. The maximum atomic E-state index is 13.6. The minimum absolute atomic E-state index is 0.0825. The second-order valence-corrected chi connectivity index (χ2v) is 5.48. The Balaban J connectivity index is 1.92. The van der Waals surface area contributed by atoms with E-state index in [2.05, 4.69) is 5.32 Å². The number of hydrogen-bond acceptors (Lipinski definition) is 3. The van der Waals surface area contributed by atoms with Crippen LogP contribution in [-0.2, 0) is 0 Å². The van der Waals surface area contributed by atoms with Gasteiger partial charge in [0.05, 0.1) is 18.8 Å². The van der Waals surface area contributed by atoms with Gasteiger partial charge in [0.25, 0.3) is 0 Å². The Labute approximate surface area is 113 Å². The zero-order valence-corrected chi connectivity index (χ0v) is 11.3. The van der Waals surface area contributed by atoms with Crippen LogP contribution in [0, 0.1) is 5.82 Å². The molecule has 0 saturated heterocycles. The van der Waals surface area contributed by atoms with Gasteiger partial charge in [-0.1, -0.05) is 25.1 Å². The van der Waals surface area contributed by atoms with Crippen molar-refractivity contribution in [1.29, 1.82) is 0 Å². The quantitative estimate of drug-likeness (QED) is 0.736. The van der Waals surface area contributed by atoms with Crippen LogP contribution in [0.1, 0.15) is 37.7 Å². The molecule has 0 radical (unpaired) electrons. The third-order valence-corrected chi connectivity index (χ3v) is 4.28. The van der Waals surface area contributed by atoms with E-state index >= 15 is 0 Å². The fourth-order valence-electron chi connectivity index (χ4n) is 2.70. The van der Waals surface area contributed by atoms with Gasteiger partial charge >= 0.3 is 0 Å². The first-order chi connectivity index (χ1) is 9.14. The molecular formula is C15H22FNO2. The van der Waals surface area contributed by atoms with Gasteiger partial charge in [-0.05, 0) is 36.8 Å². The largest absolute Gasteiger partial charge is 0.394 e. The molecule has 1 fully saturated rings. The molecule has 1 aromatic carbocycles. The zero-order valence-electron chi connectivity index (χ0n) is 11.3. The Morgan fingerprint density at radius 1 is 1.26 bits per heavy atom. The molecule has 0 aliphatic heterocycles. The predicted octanol–water partition coefficient (Wildman–Crippen LogP) is 1.79. The molecule has 0 spiro atoms. The van der Waals surface area contributed by atoms with Gasteiger partial charge in [-0.3, -0.25) is 0 Å². The van der Waals surface area contributed by atoms with E-state index in [9.17, 15) is 14.6 Å². The molecular weight excluding hydrogens is 245 g/mol. The van der Waals surface area contributed by atoms with E-state index in [4.69, 9.17) is 0 Å². The van der Waals surface area contributed by atoms with Gasteiger partial charge in [0.2, 0.25) is 0 Å². The number of benzene rings is 1. The van der Waals surface area contributed by atoms with Gasteiger partial charge in [-0.2, -0.15) is 0 Å². The van der Waals surface area contributed by atoms with E-state index in [0.717, 1.165) is 18.4 Å². The summed E-state index contributed by atoms with van der Waals surface area (Å²) in [5.74, 6) is 0.0997. The minimum Gasteiger partial charge on any atom is -0.394 e. The summed E-state index contributed by atoms with van der Waals surface area (Å²) in [6.45, 7) is 1.77. The van der Waals surface area contributed by atoms with E-state index in [1.54, 1.807) is 6.07 Å². The van der Waals surface area contributed by atoms with Gasteiger partial charge in [-0.15, -0.1) is 0 Å². The van der Waals surface area contributed by atoms with E-state index in [0.29, 0.717) is 6.42 Å². The van der Waals surface area contributed by atoms with Crippen LogP contribution in [0.25, 0.3) is 0 Å². The standard InChI is InChI=1S/C15H22FNO2/c1-2-15(9-18,10-19)17-12-7-11(8-12)13-5-3-4-6-14(13)16/h3-6,11-12,17-19H,2,7-10H2,1H3. The van der Waals surface area contributed by atoms with Crippen molar-refractivity contribution < 1.29 is 14.6 Å². The van der Waals surface area contributed by atoms with E-state index in [-0.39, 0.29) is 31.0 Å². The maximum Gasteiger partial charge on any atom is 0.126 e. The van der Waals surface area contributed by atoms with Gasteiger partial charge in [-0.25, -0.2) is 4.39 Å². The summed E-state index contributed by atoms with van der Waals surface area (Å²) in [7, 11) is 0.